The Hall–Kier alpha value is -2.49. The molecule has 0 spiro atoms. The molecule has 0 bridgehead atoms. The lowest BCUT2D eigenvalue weighted by Crippen LogP contribution is -2.57. The average Bonchev–Trinajstić information content (AvgIpc) is 3.21. The number of hydrogen-bond acceptors (Lipinski definition) is 7. The Morgan fingerprint density at radius 3 is 2.71 bits per heavy atom. The Morgan fingerprint density at radius 1 is 1.36 bits per heavy atom. The van der Waals surface area contributed by atoms with Crippen LogP contribution in [0.3, 0.4) is 0 Å². The van der Waals surface area contributed by atoms with Gasteiger partial charge in [-0.2, -0.15) is 0 Å². The molecule has 0 aliphatic carbocycles. The fraction of sp³-hybridized carbons (Fsp3) is 0.316. The van der Waals surface area contributed by atoms with Crippen molar-refractivity contribution in [2.75, 3.05) is 6.61 Å². The van der Waals surface area contributed by atoms with Crippen LogP contribution in [0.1, 0.15) is 32.9 Å². The molecular formula is C19H21N3O4S2. The molecule has 2 aromatic heterocycles. The van der Waals surface area contributed by atoms with Gasteiger partial charge in [-0.1, -0.05) is 0 Å². The quantitative estimate of drug-likeness (QED) is 0.544. The maximum absolute atomic E-state index is 12.8. The van der Waals surface area contributed by atoms with Crippen molar-refractivity contribution in [3.63, 3.8) is 0 Å². The zero-order chi connectivity index (χ0) is 20.5. The minimum atomic E-state index is -1.53. The molecule has 148 valence electrons. The lowest BCUT2D eigenvalue weighted by atomic mass is 10.0. The monoisotopic (exact) mass is 419 g/mol. The molecule has 1 unspecified atom stereocenters. The number of amides is 2. The van der Waals surface area contributed by atoms with Gasteiger partial charge in [-0.25, -0.2) is 4.98 Å². The number of primary amides is 1. The van der Waals surface area contributed by atoms with Crippen LogP contribution in [0.25, 0.3) is 10.1 Å². The number of thiazole rings is 1. The van der Waals surface area contributed by atoms with Crippen molar-refractivity contribution >= 4 is 44.6 Å². The van der Waals surface area contributed by atoms with Crippen molar-refractivity contribution in [1.29, 1.82) is 0 Å². The number of ether oxygens (including phenoxy) is 1. The Kier molecular flexibility index (Phi) is 5.69. The number of hydrogen-bond donors (Lipinski definition) is 3. The Morgan fingerprint density at radius 2 is 2.11 bits per heavy atom. The maximum Gasteiger partial charge on any atom is 0.253 e. The van der Waals surface area contributed by atoms with Crippen LogP contribution in [0, 0.1) is 13.8 Å². The number of aliphatic hydroxyl groups is 1. The van der Waals surface area contributed by atoms with Crippen LogP contribution >= 0.6 is 22.7 Å². The first-order chi connectivity index (χ1) is 13.2. The largest absolute Gasteiger partial charge is 0.487 e. The molecule has 0 saturated carbocycles. The lowest BCUT2D eigenvalue weighted by molar-refractivity contribution is -0.124. The first-order valence-corrected chi connectivity index (χ1v) is 10.2. The van der Waals surface area contributed by atoms with E-state index in [1.807, 2.05) is 31.4 Å². The van der Waals surface area contributed by atoms with Gasteiger partial charge in [-0.3, -0.25) is 9.59 Å². The van der Waals surface area contributed by atoms with Crippen LogP contribution in [-0.4, -0.2) is 34.1 Å². The van der Waals surface area contributed by atoms with E-state index >= 15 is 0 Å². The molecule has 4 N–H and O–H groups in total. The van der Waals surface area contributed by atoms with E-state index in [0.29, 0.717) is 17.9 Å². The predicted octanol–water partition coefficient (Wildman–Crippen LogP) is 2.52. The van der Waals surface area contributed by atoms with Gasteiger partial charge >= 0.3 is 0 Å². The van der Waals surface area contributed by atoms with Crippen molar-refractivity contribution in [2.24, 2.45) is 5.73 Å². The first kappa shape index (κ1) is 20.2. The number of nitrogens with zero attached hydrogens (tertiary/aromatic N) is 1. The number of fused-ring (bicyclic) bond motifs is 1. The van der Waals surface area contributed by atoms with Crippen LogP contribution in [0.2, 0.25) is 0 Å². The van der Waals surface area contributed by atoms with Crippen LogP contribution in [0.5, 0.6) is 5.75 Å². The van der Waals surface area contributed by atoms with Crippen LogP contribution in [0.15, 0.2) is 23.6 Å². The highest BCUT2D eigenvalue weighted by molar-refractivity contribution is 7.19. The number of nitrogens with two attached hydrogens (primary N) is 1. The fourth-order valence-electron chi connectivity index (χ4n) is 2.69. The highest BCUT2D eigenvalue weighted by Crippen LogP contribution is 2.34. The van der Waals surface area contributed by atoms with Gasteiger partial charge in [-0.15, -0.1) is 22.7 Å². The number of carbonyl (C=O) groups is 2. The summed E-state index contributed by atoms with van der Waals surface area (Å²) in [6.45, 7) is 4.91. The Bertz CT molecular complexity index is 1040. The standard InChI is InChI=1S/C19H21N3O4S2/c1-10-16(17(24)22-19(3,9-23)18(20)25)14-6-13(4-5-15(14)28-10)26-7-12-8-27-11(2)21-12/h4-6,8,23H,7,9H2,1-3H3,(H2,20,25)(H,22,24). The minimum absolute atomic E-state index is 0.338. The average molecular weight is 420 g/mol. The highest BCUT2D eigenvalue weighted by atomic mass is 32.1. The summed E-state index contributed by atoms with van der Waals surface area (Å²) in [5, 5.41) is 15.7. The van der Waals surface area contributed by atoms with Crippen molar-refractivity contribution in [2.45, 2.75) is 32.9 Å². The zero-order valence-electron chi connectivity index (χ0n) is 15.7. The number of carbonyl (C=O) groups excluding carboxylic acids is 2. The number of aryl methyl sites for hydroxylation is 2. The zero-order valence-corrected chi connectivity index (χ0v) is 17.4. The normalized spacial score (nSPS) is 13.3. The van der Waals surface area contributed by atoms with Crippen molar-refractivity contribution in [1.82, 2.24) is 10.3 Å². The minimum Gasteiger partial charge on any atom is -0.487 e. The van der Waals surface area contributed by atoms with Gasteiger partial charge in [0.2, 0.25) is 5.91 Å². The van der Waals surface area contributed by atoms with Gasteiger partial charge in [0, 0.05) is 20.3 Å². The second kappa shape index (κ2) is 7.86. The summed E-state index contributed by atoms with van der Waals surface area (Å²) in [4.78, 5) is 29.6. The smallest absolute Gasteiger partial charge is 0.253 e. The van der Waals surface area contributed by atoms with Gasteiger partial charge < -0.3 is 20.9 Å². The molecule has 3 rings (SSSR count). The van der Waals surface area contributed by atoms with E-state index in [4.69, 9.17) is 10.5 Å². The molecule has 7 nitrogen and oxygen atoms in total. The molecule has 2 amide bonds. The lowest BCUT2D eigenvalue weighted by Gasteiger charge is -2.24. The highest BCUT2D eigenvalue weighted by Gasteiger charge is 2.33. The van der Waals surface area contributed by atoms with Crippen molar-refractivity contribution < 1.29 is 19.4 Å². The number of thiophene rings is 1. The van der Waals surface area contributed by atoms with Crippen molar-refractivity contribution in [3.8, 4) is 5.75 Å². The molecule has 0 saturated heterocycles. The molecule has 2 heterocycles. The van der Waals surface area contributed by atoms with Crippen molar-refractivity contribution in [3.05, 3.63) is 44.7 Å². The maximum atomic E-state index is 12.8. The van der Waals surface area contributed by atoms with Gasteiger partial charge in [0.1, 0.15) is 17.9 Å². The summed E-state index contributed by atoms with van der Waals surface area (Å²) in [5.41, 5.74) is 5.07. The third kappa shape index (κ3) is 4.01. The van der Waals surface area contributed by atoms with Crippen LogP contribution < -0.4 is 15.8 Å². The van der Waals surface area contributed by atoms with E-state index in [9.17, 15) is 14.7 Å². The molecule has 0 aliphatic rings. The van der Waals surface area contributed by atoms with Crippen LogP contribution in [-0.2, 0) is 11.4 Å². The van der Waals surface area contributed by atoms with Crippen LogP contribution in [0.4, 0.5) is 0 Å². The SMILES string of the molecule is Cc1nc(COc2ccc3sc(C)c(C(=O)NC(C)(CO)C(N)=O)c3c2)cs1. The number of nitrogens with one attached hydrogen (secondary N) is 1. The summed E-state index contributed by atoms with van der Waals surface area (Å²) in [6, 6.07) is 5.54. The Labute approximate surface area is 170 Å². The topological polar surface area (TPSA) is 115 Å². The number of aliphatic hydroxyl groups excluding tert-OH is 1. The van der Waals surface area contributed by atoms with Gasteiger partial charge in [0.15, 0.2) is 0 Å². The van der Waals surface area contributed by atoms with E-state index in [-0.39, 0.29) is 0 Å². The van der Waals surface area contributed by atoms with E-state index in [2.05, 4.69) is 10.3 Å². The molecule has 0 radical (unpaired) electrons. The second-order valence-electron chi connectivity index (χ2n) is 6.65. The summed E-state index contributed by atoms with van der Waals surface area (Å²) < 4.78 is 6.74. The summed E-state index contributed by atoms with van der Waals surface area (Å²) in [5.74, 6) is -0.653. The molecule has 28 heavy (non-hydrogen) atoms. The van der Waals surface area contributed by atoms with E-state index < -0.39 is 24.0 Å². The van der Waals surface area contributed by atoms with E-state index in [1.165, 1.54) is 18.3 Å². The van der Waals surface area contributed by atoms with Gasteiger partial charge in [0.25, 0.3) is 5.91 Å². The summed E-state index contributed by atoms with van der Waals surface area (Å²) in [6.07, 6.45) is 0. The third-order valence-corrected chi connectivity index (χ3v) is 6.27. The summed E-state index contributed by atoms with van der Waals surface area (Å²) in [7, 11) is 0. The predicted molar refractivity (Wildman–Crippen MR) is 110 cm³/mol. The second-order valence-corrected chi connectivity index (χ2v) is 8.96. The molecule has 9 heteroatoms. The Balaban J connectivity index is 1.88. The number of rotatable bonds is 7. The molecular weight excluding hydrogens is 398 g/mol. The van der Waals surface area contributed by atoms with Gasteiger partial charge in [-0.05, 0) is 39.0 Å². The van der Waals surface area contributed by atoms with E-state index in [0.717, 1.165) is 25.7 Å². The molecule has 1 aromatic carbocycles. The molecule has 0 fully saturated rings. The molecule has 3 aromatic rings. The molecule has 0 aliphatic heterocycles. The summed E-state index contributed by atoms with van der Waals surface area (Å²) >= 11 is 3.03. The van der Waals surface area contributed by atoms with Gasteiger partial charge in [0.05, 0.1) is 22.9 Å². The fourth-order valence-corrected chi connectivity index (χ4v) is 4.33. The van der Waals surface area contributed by atoms with E-state index in [1.54, 1.807) is 17.4 Å². The third-order valence-electron chi connectivity index (χ3n) is 4.37. The number of benzene rings is 1. The number of aromatic nitrogens is 1. The first-order valence-electron chi connectivity index (χ1n) is 8.54. The molecule has 1 atom stereocenters.